The summed E-state index contributed by atoms with van der Waals surface area (Å²) in [6.45, 7) is 2.89. The minimum atomic E-state index is -1.50. The molecular weight excluding hydrogens is 415 g/mol. The Morgan fingerprint density at radius 3 is 2.76 bits per heavy atom. The van der Waals surface area contributed by atoms with E-state index in [-0.39, 0.29) is 12.5 Å². The number of amides is 1. The van der Waals surface area contributed by atoms with Crippen molar-refractivity contribution in [1.29, 1.82) is 0 Å². The Kier molecular flexibility index (Phi) is 6.43. The maximum absolute atomic E-state index is 15.9. The van der Waals surface area contributed by atoms with Gasteiger partial charge in [0.1, 0.15) is 0 Å². The van der Waals surface area contributed by atoms with Gasteiger partial charge < -0.3 is 15.0 Å². The number of rotatable bonds is 7. The van der Waals surface area contributed by atoms with Gasteiger partial charge in [-0.2, -0.15) is 0 Å². The molecule has 0 spiro atoms. The van der Waals surface area contributed by atoms with Gasteiger partial charge in [-0.05, 0) is 47.1 Å². The van der Waals surface area contributed by atoms with Gasteiger partial charge >= 0.3 is 0 Å². The van der Waals surface area contributed by atoms with Gasteiger partial charge in [0.2, 0.25) is 6.41 Å². The van der Waals surface area contributed by atoms with Crippen molar-refractivity contribution in [1.82, 2.24) is 10.2 Å². The molecule has 2 aromatic carbocycles. The largest absolute Gasteiger partial charge is 0.374 e. The molecule has 1 N–H and O–H groups in total. The Bertz CT molecular complexity index is 1040. The van der Waals surface area contributed by atoms with Crippen molar-refractivity contribution in [2.75, 3.05) is 19.7 Å². The molecule has 1 fully saturated rings. The third-order valence-electron chi connectivity index (χ3n) is 7.20. The lowest BCUT2D eigenvalue weighted by molar-refractivity contribution is -0.120. The number of alkyl halides is 1. The first kappa shape index (κ1) is 22.1. The van der Waals surface area contributed by atoms with Crippen LogP contribution in [-0.4, -0.2) is 42.8 Å². The van der Waals surface area contributed by atoms with E-state index in [2.05, 4.69) is 29.6 Å². The van der Waals surface area contributed by atoms with Crippen LogP contribution < -0.4 is 5.32 Å². The molecule has 2 aliphatic heterocycles. The first-order valence-corrected chi connectivity index (χ1v) is 11.9. The fourth-order valence-corrected chi connectivity index (χ4v) is 5.34. The predicted octanol–water partition coefficient (Wildman–Crippen LogP) is 4.53. The van der Waals surface area contributed by atoms with E-state index in [1.54, 1.807) is 6.08 Å². The summed E-state index contributed by atoms with van der Waals surface area (Å²) in [5.74, 6) is 0.306. The van der Waals surface area contributed by atoms with E-state index in [9.17, 15) is 4.79 Å². The number of hydrogen-bond acceptors (Lipinski definition) is 3. The molecule has 1 amide bonds. The van der Waals surface area contributed by atoms with Crippen molar-refractivity contribution >= 4 is 6.41 Å². The van der Waals surface area contributed by atoms with Gasteiger partial charge in [-0.1, -0.05) is 66.7 Å². The van der Waals surface area contributed by atoms with Gasteiger partial charge in [-0.3, -0.25) is 4.79 Å². The van der Waals surface area contributed by atoms with Crippen LogP contribution in [0, 0.1) is 5.92 Å². The molecule has 5 rings (SSSR count). The number of fused-ring (bicyclic) bond motifs is 1. The predicted molar refractivity (Wildman–Crippen MR) is 127 cm³/mol. The molecule has 33 heavy (non-hydrogen) atoms. The Morgan fingerprint density at radius 1 is 1.15 bits per heavy atom. The highest BCUT2D eigenvalue weighted by atomic mass is 19.1. The number of benzene rings is 2. The first-order valence-electron chi connectivity index (χ1n) is 11.9. The van der Waals surface area contributed by atoms with E-state index in [1.807, 2.05) is 47.4 Å². The van der Waals surface area contributed by atoms with Crippen LogP contribution in [0.4, 0.5) is 4.39 Å². The van der Waals surface area contributed by atoms with Crippen LogP contribution in [0.15, 0.2) is 78.4 Å². The third kappa shape index (κ3) is 4.66. The highest BCUT2D eigenvalue weighted by Gasteiger charge is 2.43. The molecule has 2 unspecified atom stereocenters. The molecule has 172 valence electrons. The van der Waals surface area contributed by atoms with Crippen molar-refractivity contribution in [2.45, 2.75) is 43.6 Å². The highest BCUT2D eigenvalue weighted by Crippen LogP contribution is 2.41. The zero-order valence-electron chi connectivity index (χ0n) is 18.8. The number of ether oxygens (including phenoxy) is 1. The lowest BCUT2D eigenvalue weighted by atomic mass is 9.81. The van der Waals surface area contributed by atoms with E-state index < -0.39 is 11.8 Å². The molecule has 0 bridgehead atoms. The third-order valence-corrected chi connectivity index (χ3v) is 7.20. The van der Waals surface area contributed by atoms with Crippen LogP contribution >= 0.6 is 0 Å². The second-order valence-corrected chi connectivity index (χ2v) is 9.40. The van der Waals surface area contributed by atoms with Crippen LogP contribution in [0.5, 0.6) is 0 Å². The fraction of sp³-hybridized carbons (Fsp3) is 0.393. The lowest BCUT2D eigenvalue weighted by Crippen LogP contribution is -2.39. The quantitative estimate of drug-likeness (QED) is 0.636. The minimum absolute atomic E-state index is 0.146. The van der Waals surface area contributed by atoms with Crippen molar-refractivity contribution in [3.63, 3.8) is 0 Å². The number of halogens is 1. The normalized spacial score (nSPS) is 28.9. The van der Waals surface area contributed by atoms with Gasteiger partial charge in [0.15, 0.2) is 5.67 Å². The average Bonchev–Trinajstić information content (AvgIpc) is 3.34. The summed E-state index contributed by atoms with van der Waals surface area (Å²) in [5, 5.41) is 3.48. The van der Waals surface area contributed by atoms with E-state index in [1.165, 1.54) is 11.1 Å². The van der Waals surface area contributed by atoms with Crippen LogP contribution in [0.1, 0.15) is 35.6 Å². The molecule has 0 saturated carbocycles. The van der Waals surface area contributed by atoms with Crippen LogP contribution in [0.25, 0.3) is 0 Å². The summed E-state index contributed by atoms with van der Waals surface area (Å²) in [6.07, 6.45) is 7.83. The standard InChI is InChI=1S/C28H31FN2O2/c29-28(26-16-22(19-33-26)18-30-17-21-6-2-1-3-7-21)13-10-24(11-14-28)27-25-9-5-4-8-23(25)12-15-31(27)20-32/h1-11,13,20,22,26-27,30H,12,14-19H2/t22?,26-,27-,28?/m0/s1. The van der Waals surface area contributed by atoms with Crippen molar-refractivity contribution < 1.29 is 13.9 Å². The number of hydrogen-bond donors (Lipinski definition) is 1. The minimum Gasteiger partial charge on any atom is -0.374 e. The number of carbonyl (C=O) groups excluding carboxylic acids is 1. The lowest BCUT2D eigenvalue weighted by Gasteiger charge is -2.38. The summed E-state index contributed by atoms with van der Waals surface area (Å²) in [7, 11) is 0. The molecule has 4 atom stereocenters. The van der Waals surface area contributed by atoms with Crippen LogP contribution in [-0.2, 0) is 22.5 Å². The number of carbonyl (C=O) groups is 1. The zero-order valence-corrected chi connectivity index (χ0v) is 18.8. The average molecular weight is 447 g/mol. The summed E-state index contributed by atoms with van der Waals surface area (Å²) in [5.41, 5.74) is 3.13. The zero-order chi connectivity index (χ0) is 22.7. The van der Waals surface area contributed by atoms with Gasteiger partial charge in [-0.25, -0.2) is 4.39 Å². The van der Waals surface area contributed by atoms with Gasteiger partial charge in [0, 0.05) is 26.1 Å². The maximum Gasteiger partial charge on any atom is 0.210 e. The number of nitrogens with one attached hydrogen (secondary N) is 1. The van der Waals surface area contributed by atoms with Crippen LogP contribution in [0.2, 0.25) is 0 Å². The second kappa shape index (κ2) is 9.62. The van der Waals surface area contributed by atoms with E-state index in [0.717, 1.165) is 37.1 Å². The summed E-state index contributed by atoms with van der Waals surface area (Å²) < 4.78 is 21.8. The van der Waals surface area contributed by atoms with Gasteiger partial charge in [0.05, 0.1) is 18.8 Å². The van der Waals surface area contributed by atoms with Crippen molar-refractivity contribution in [3.8, 4) is 0 Å². The van der Waals surface area contributed by atoms with Crippen LogP contribution in [0.3, 0.4) is 0 Å². The van der Waals surface area contributed by atoms with Crippen molar-refractivity contribution in [3.05, 3.63) is 95.1 Å². The molecule has 2 heterocycles. The second-order valence-electron chi connectivity index (χ2n) is 9.40. The Balaban J connectivity index is 1.21. The smallest absolute Gasteiger partial charge is 0.210 e. The van der Waals surface area contributed by atoms with E-state index in [0.29, 0.717) is 25.5 Å². The molecule has 1 saturated heterocycles. The monoisotopic (exact) mass is 446 g/mol. The van der Waals surface area contributed by atoms with Crippen molar-refractivity contribution in [2.24, 2.45) is 5.92 Å². The van der Waals surface area contributed by atoms with Gasteiger partial charge in [-0.15, -0.1) is 0 Å². The molecule has 4 nitrogen and oxygen atoms in total. The highest BCUT2D eigenvalue weighted by molar-refractivity contribution is 5.55. The number of allylic oxidation sites excluding steroid dienone is 1. The SMILES string of the molecule is O=CN1CCc2ccccc2[C@@H]1C1=CCC(F)([C@@H]2CC(CNCc3ccccc3)CO2)C=C1. The van der Waals surface area contributed by atoms with E-state index >= 15 is 4.39 Å². The molecular formula is C28H31FN2O2. The summed E-state index contributed by atoms with van der Waals surface area (Å²) in [4.78, 5) is 13.6. The number of nitrogens with zero attached hydrogens (tertiary/aromatic N) is 1. The Morgan fingerprint density at radius 2 is 1.97 bits per heavy atom. The Hall–Kier alpha value is -2.76. The molecule has 3 aliphatic rings. The topological polar surface area (TPSA) is 41.6 Å². The first-order chi connectivity index (χ1) is 16.2. The molecule has 0 aromatic heterocycles. The van der Waals surface area contributed by atoms with E-state index in [4.69, 9.17) is 4.74 Å². The maximum atomic E-state index is 15.9. The molecule has 5 heteroatoms. The molecule has 1 aliphatic carbocycles. The fourth-order valence-electron chi connectivity index (χ4n) is 5.34. The summed E-state index contributed by atoms with van der Waals surface area (Å²) in [6, 6.07) is 18.4. The molecule has 2 aromatic rings. The Labute approximate surface area is 195 Å². The van der Waals surface area contributed by atoms with Gasteiger partial charge in [0.25, 0.3) is 0 Å². The molecule has 0 radical (unpaired) electrons. The summed E-state index contributed by atoms with van der Waals surface area (Å²) >= 11 is 0.